The number of ether oxygens (including phenoxy) is 1. The average Bonchev–Trinajstić information content (AvgIpc) is 2.33. The lowest BCUT2D eigenvalue weighted by Gasteiger charge is -2.10. The molecule has 1 aromatic rings. The van der Waals surface area contributed by atoms with Crippen LogP contribution in [0, 0.1) is 33.1 Å². The van der Waals surface area contributed by atoms with E-state index in [0.29, 0.717) is 12.1 Å². The van der Waals surface area contributed by atoms with Gasteiger partial charge in [-0.15, -0.1) is 0 Å². The predicted octanol–water partition coefficient (Wildman–Crippen LogP) is 2.04. The summed E-state index contributed by atoms with van der Waals surface area (Å²) in [6, 6.07) is 2.30. The Morgan fingerprint density at radius 3 is 2.42 bits per heavy atom. The highest BCUT2D eigenvalue weighted by atomic mass is 19.1. The molecule has 100 valence electrons. The number of nitriles is 1. The zero-order valence-corrected chi connectivity index (χ0v) is 9.72. The van der Waals surface area contributed by atoms with Crippen LogP contribution in [0.15, 0.2) is 12.1 Å². The summed E-state index contributed by atoms with van der Waals surface area (Å²) in [5.41, 5.74) is -1.66. The van der Waals surface area contributed by atoms with Gasteiger partial charge < -0.3 is 4.74 Å². The van der Waals surface area contributed by atoms with Crippen LogP contribution in [0.1, 0.15) is 18.4 Å². The molecule has 1 unspecified atom stereocenters. The molecule has 0 heterocycles. The van der Waals surface area contributed by atoms with E-state index in [2.05, 4.69) is 4.74 Å². The van der Waals surface area contributed by atoms with E-state index in [1.54, 1.807) is 0 Å². The van der Waals surface area contributed by atoms with Crippen molar-refractivity contribution in [3.05, 3.63) is 39.4 Å². The highest BCUT2D eigenvalue weighted by Gasteiger charge is 2.30. The summed E-state index contributed by atoms with van der Waals surface area (Å²) in [6.07, 6.45) is 0. The van der Waals surface area contributed by atoms with Crippen LogP contribution >= 0.6 is 0 Å². The van der Waals surface area contributed by atoms with E-state index >= 15 is 0 Å². The summed E-state index contributed by atoms with van der Waals surface area (Å²) in [4.78, 5) is 20.8. The van der Waals surface area contributed by atoms with Crippen LogP contribution in [0.5, 0.6) is 0 Å². The molecule has 0 saturated heterocycles. The SMILES string of the molecule is CCOC(=O)C(C#N)c1c(F)cc([N+](=O)[O-])cc1F. The molecule has 0 amide bonds. The summed E-state index contributed by atoms with van der Waals surface area (Å²) in [5.74, 6) is -5.60. The van der Waals surface area contributed by atoms with E-state index in [0.717, 1.165) is 0 Å². The lowest BCUT2D eigenvalue weighted by Crippen LogP contribution is -2.17. The van der Waals surface area contributed by atoms with Crippen LogP contribution in [0.25, 0.3) is 0 Å². The Balaban J connectivity index is 3.30. The quantitative estimate of drug-likeness (QED) is 0.474. The maximum absolute atomic E-state index is 13.6. The zero-order valence-electron chi connectivity index (χ0n) is 9.72. The number of nitro benzene ring substituents is 1. The number of carbonyl (C=O) groups excluding carboxylic acids is 1. The number of hydrogen-bond acceptors (Lipinski definition) is 5. The van der Waals surface area contributed by atoms with Crippen LogP contribution in [0.3, 0.4) is 0 Å². The summed E-state index contributed by atoms with van der Waals surface area (Å²) in [7, 11) is 0. The van der Waals surface area contributed by atoms with Gasteiger partial charge in [0.05, 0.1) is 35.3 Å². The van der Waals surface area contributed by atoms with Gasteiger partial charge in [-0.2, -0.15) is 5.26 Å². The molecule has 0 spiro atoms. The third-order valence-electron chi connectivity index (χ3n) is 2.21. The highest BCUT2D eigenvalue weighted by molar-refractivity contribution is 5.81. The maximum atomic E-state index is 13.6. The molecular formula is C11H8F2N2O4. The van der Waals surface area contributed by atoms with Crippen LogP contribution in [-0.2, 0) is 9.53 Å². The Morgan fingerprint density at radius 2 is 2.05 bits per heavy atom. The minimum atomic E-state index is -1.80. The molecule has 6 nitrogen and oxygen atoms in total. The monoisotopic (exact) mass is 270 g/mol. The fraction of sp³-hybridized carbons (Fsp3) is 0.273. The van der Waals surface area contributed by atoms with Crippen LogP contribution in [-0.4, -0.2) is 17.5 Å². The second-order valence-corrected chi connectivity index (χ2v) is 3.39. The average molecular weight is 270 g/mol. The summed E-state index contributed by atoms with van der Waals surface area (Å²) < 4.78 is 31.7. The largest absolute Gasteiger partial charge is 0.465 e. The van der Waals surface area contributed by atoms with Gasteiger partial charge in [0.1, 0.15) is 11.6 Å². The minimum Gasteiger partial charge on any atom is -0.465 e. The first kappa shape index (κ1) is 14.5. The van der Waals surface area contributed by atoms with Gasteiger partial charge in [0, 0.05) is 0 Å². The normalized spacial score (nSPS) is 11.5. The van der Waals surface area contributed by atoms with Crippen molar-refractivity contribution in [2.75, 3.05) is 6.61 Å². The lowest BCUT2D eigenvalue weighted by molar-refractivity contribution is -0.385. The highest BCUT2D eigenvalue weighted by Crippen LogP contribution is 2.27. The molecule has 0 radical (unpaired) electrons. The number of halogens is 2. The van der Waals surface area contributed by atoms with Crippen LogP contribution in [0.2, 0.25) is 0 Å². The first-order valence-corrected chi connectivity index (χ1v) is 5.12. The van der Waals surface area contributed by atoms with Gasteiger partial charge in [0.15, 0.2) is 5.92 Å². The zero-order chi connectivity index (χ0) is 14.6. The Kier molecular flexibility index (Phi) is 4.47. The first-order chi connectivity index (χ1) is 8.92. The van der Waals surface area contributed by atoms with Crippen molar-refractivity contribution >= 4 is 11.7 Å². The number of esters is 1. The number of benzene rings is 1. The topological polar surface area (TPSA) is 93.2 Å². The van der Waals surface area contributed by atoms with Crippen LogP contribution < -0.4 is 0 Å². The van der Waals surface area contributed by atoms with E-state index in [1.165, 1.54) is 13.0 Å². The number of nitrogens with zero attached hydrogens (tertiary/aromatic N) is 2. The van der Waals surface area contributed by atoms with Gasteiger partial charge in [-0.25, -0.2) is 8.78 Å². The predicted molar refractivity (Wildman–Crippen MR) is 58.0 cm³/mol. The molecule has 1 atom stereocenters. The molecule has 1 aromatic carbocycles. The summed E-state index contributed by atoms with van der Waals surface area (Å²) in [6.45, 7) is 1.40. The van der Waals surface area contributed by atoms with E-state index < -0.39 is 39.7 Å². The number of carbonyl (C=O) groups is 1. The molecule has 0 fully saturated rings. The van der Waals surface area contributed by atoms with E-state index in [1.807, 2.05) is 0 Å². The molecule has 0 aliphatic carbocycles. The minimum absolute atomic E-state index is 0.0623. The van der Waals surface area contributed by atoms with Crippen molar-refractivity contribution in [1.29, 1.82) is 5.26 Å². The molecule has 0 aliphatic heterocycles. The van der Waals surface area contributed by atoms with Gasteiger partial charge in [-0.05, 0) is 6.92 Å². The summed E-state index contributed by atoms with van der Waals surface area (Å²) >= 11 is 0. The first-order valence-electron chi connectivity index (χ1n) is 5.12. The van der Waals surface area contributed by atoms with Gasteiger partial charge in [-0.1, -0.05) is 0 Å². The molecule has 0 saturated carbocycles. The molecule has 8 heteroatoms. The van der Waals surface area contributed by atoms with Gasteiger partial charge in [0.2, 0.25) is 0 Å². The molecule has 0 aliphatic rings. The Hall–Kier alpha value is -2.56. The van der Waals surface area contributed by atoms with Crippen molar-refractivity contribution in [2.24, 2.45) is 0 Å². The standard InChI is InChI=1S/C11H8F2N2O4/c1-2-19-11(16)7(5-14)10-8(12)3-6(15(17)18)4-9(10)13/h3-4,7H,2H2,1H3. The van der Waals surface area contributed by atoms with Gasteiger partial charge in [-0.3, -0.25) is 14.9 Å². The van der Waals surface area contributed by atoms with Crippen molar-refractivity contribution in [3.63, 3.8) is 0 Å². The van der Waals surface area contributed by atoms with E-state index in [-0.39, 0.29) is 6.61 Å². The Labute approximate surface area is 106 Å². The maximum Gasteiger partial charge on any atom is 0.328 e. The van der Waals surface area contributed by atoms with Gasteiger partial charge in [0.25, 0.3) is 5.69 Å². The molecule has 0 bridgehead atoms. The molecule has 0 N–H and O–H groups in total. The Morgan fingerprint density at radius 1 is 1.53 bits per heavy atom. The smallest absolute Gasteiger partial charge is 0.328 e. The lowest BCUT2D eigenvalue weighted by atomic mass is 9.99. The third kappa shape index (κ3) is 3.01. The van der Waals surface area contributed by atoms with Crippen molar-refractivity contribution in [1.82, 2.24) is 0 Å². The number of nitro groups is 1. The van der Waals surface area contributed by atoms with E-state index in [4.69, 9.17) is 5.26 Å². The van der Waals surface area contributed by atoms with E-state index in [9.17, 15) is 23.7 Å². The summed E-state index contributed by atoms with van der Waals surface area (Å²) in [5, 5.41) is 19.2. The molecule has 1 rings (SSSR count). The second-order valence-electron chi connectivity index (χ2n) is 3.39. The molecular weight excluding hydrogens is 262 g/mol. The fourth-order valence-corrected chi connectivity index (χ4v) is 1.41. The molecule has 0 aromatic heterocycles. The number of rotatable bonds is 4. The fourth-order valence-electron chi connectivity index (χ4n) is 1.41. The van der Waals surface area contributed by atoms with Crippen molar-refractivity contribution < 1.29 is 23.2 Å². The van der Waals surface area contributed by atoms with Gasteiger partial charge >= 0.3 is 5.97 Å². The Bertz CT molecular complexity index is 545. The number of non-ortho nitro benzene ring substituents is 1. The van der Waals surface area contributed by atoms with Crippen molar-refractivity contribution in [2.45, 2.75) is 12.8 Å². The van der Waals surface area contributed by atoms with Crippen molar-refractivity contribution in [3.8, 4) is 6.07 Å². The molecule has 19 heavy (non-hydrogen) atoms. The third-order valence-corrected chi connectivity index (χ3v) is 2.21. The van der Waals surface area contributed by atoms with Crippen LogP contribution in [0.4, 0.5) is 14.5 Å². The number of hydrogen-bond donors (Lipinski definition) is 0. The second kappa shape index (κ2) is 5.86.